The quantitative estimate of drug-likeness (QED) is 0.639. The van der Waals surface area contributed by atoms with Gasteiger partial charge in [0, 0.05) is 18.9 Å². The number of anilines is 1. The van der Waals surface area contributed by atoms with E-state index in [1.807, 2.05) is 16.3 Å². The highest BCUT2D eigenvalue weighted by molar-refractivity contribution is 7.99. The molecule has 10 heteroatoms. The normalized spacial score (nSPS) is 16.6. The maximum atomic E-state index is 12.9. The van der Waals surface area contributed by atoms with Crippen LogP contribution in [0.1, 0.15) is 42.1 Å². The number of fused-ring (bicyclic) bond motifs is 1. The molecule has 1 saturated heterocycles. The number of imidazole rings is 1. The number of hydrogen-bond acceptors (Lipinski definition) is 6. The monoisotopic (exact) mass is 418 g/mol. The average Bonchev–Trinajstić information content (AvgIpc) is 3.35. The number of nitrogens with one attached hydrogen (secondary N) is 1. The van der Waals surface area contributed by atoms with Crippen molar-refractivity contribution < 1.29 is 13.2 Å². The van der Waals surface area contributed by atoms with Gasteiger partial charge in [0.1, 0.15) is 0 Å². The van der Waals surface area contributed by atoms with Gasteiger partial charge in [-0.25, -0.2) is 15.0 Å². The smallest absolute Gasteiger partial charge is 0.364 e. The molecule has 29 heavy (non-hydrogen) atoms. The molecule has 0 amide bonds. The van der Waals surface area contributed by atoms with Gasteiger partial charge in [-0.2, -0.15) is 13.2 Å². The van der Waals surface area contributed by atoms with Crippen molar-refractivity contribution >= 4 is 28.7 Å². The van der Waals surface area contributed by atoms with Gasteiger partial charge in [0.15, 0.2) is 17.0 Å². The molecule has 0 spiro atoms. The first-order chi connectivity index (χ1) is 14.0. The van der Waals surface area contributed by atoms with Crippen LogP contribution in [0.4, 0.5) is 19.0 Å². The van der Waals surface area contributed by atoms with Crippen LogP contribution in [0, 0.1) is 11.8 Å². The lowest BCUT2D eigenvalue weighted by molar-refractivity contribution is -0.137. The molecule has 4 rings (SSSR count). The van der Waals surface area contributed by atoms with Crippen molar-refractivity contribution in [1.82, 2.24) is 24.5 Å². The summed E-state index contributed by atoms with van der Waals surface area (Å²) < 4.78 is 40.8. The van der Waals surface area contributed by atoms with Crippen LogP contribution in [0.25, 0.3) is 11.2 Å². The van der Waals surface area contributed by atoms with Gasteiger partial charge in [-0.3, -0.25) is 4.98 Å². The molecule has 0 bridgehead atoms. The van der Waals surface area contributed by atoms with Crippen molar-refractivity contribution in [3.05, 3.63) is 41.7 Å². The molecule has 1 N–H and O–H groups in total. The molecule has 150 valence electrons. The summed E-state index contributed by atoms with van der Waals surface area (Å²) in [5.74, 6) is 7.50. The van der Waals surface area contributed by atoms with Crippen LogP contribution in [0.15, 0.2) is 24.8 Å². The highest BCUT2D eigenvalue weighted by Gasteiger charge is 2.31. The standard InChI is InChI=1S/C19H17F3N6S/c1-2-4-14-26-17(24-9-12-7-13(10-23-8-12)19(20,21)22)16-18(27-14)28(11-25-16)15-5-3-6-29-15/h7-8,10-11,15H,3,5-6,9H2,1H3,(H,24,26,27)/t15-/m1/s1. The second-order valence-corrected chi connectivity index (χ2v) is 7.78. The van der Waals surface area contributed by atoms with Crippen molar-refractivity contribution in [3.63, 3.8) is 0 Å². The molecule has 0 unspecified atom stereocenters. The Kier molecular flexibility index (Phi) is 5.32. The number of pyridine rings is 1. The van der Waals surface area contributed by atoms with E-state index in [-0.39, 0.29) is 11.9 Å². The van der Waals surface area contributed by atoms with Crippen LogP contribution in [-0.2, 0) is 12.7 Å². The van der Waals surface area contributed by atoms with Gasteiger partial charge in [0.05, 0.1) is 17.3 Å². The Labute approximate surface area is 169 Å². The second-order valence-electron chi connectivity index (χ2n) is 6.50. The molecule has 3 aromatic rings. The SMILES string of the molecule is CC#Cc1nc(NCc2cncc(C(F)(F)F)c2)c2ncn([C@H]3CCCS3)c2n1. The number of hydrogen-bond donors (Lipinski definition) is 1. The Bertz CT molecular complexity index is 1090. The van der Waals surface area contributed by atoms with E-state index in [0.29, 0.717) is 28.4 Å². The summed E-state index contributed by atoms with van der Waals surface area (Å²) in [6.07, 6.45) is 1.67. The number of alkyl halides is 3. The largest absolute Gasteiger partial charge is 0.417 e. The van der Waals surface area contributed by atoms with Crippen molar-refractivity contribution in [2.24, 2.45) is 0 Å². The first-order valence-corrected chi connectivity index (χ1v) is 10.0. The van der Waals surface area contributed by atoms with Crippen LogP contribution >= 0.6 is 11.8 Å². The predicted octanol–water partition coefficient (Wildman–Crippen LogP) is 4.25. The van der Waals surface area contributed by atoms with Crippen LogP contribution in [-0.4, -0.2) is 30.3 Å². The fourth-order valence-electron chi connectivity index (χ4n) is 3.12. The zero-order valence-electron chi connectivity index (χ0n) is 15.5. The van der Waals surface area contributed by atoms with Gasteiger partial charge < -0.3 is 9.88 Å². The topological polar surface area (TPSA) is 68.5 Å². The molecule has 0 aliphatic carbocycles. The maximum absolute atomic E-state index is 12.9. The second kappa shape index (κ2) is 7.91. The summed E-state index contributed by atoms with van der Waals surface area (Å²) in [5.41, 5.74) is 0.839. The summed E-state index contributed by atoms with van der Waals surface area (Å²) in [6.45, 7) is 1.81. The number of rotatable bonds is 4. The van der Waals surface area contributed by atoms with Crippen LogP contribution in [0.2, 0.25) is 0 Å². The van der Waals surface area contributed by atoms with E-state index in [4.69, 9.17) is 0 Å². The van der Waals surface area contributed by atoms with Crippen LogP contribution in [0.3, 0.4) is 0 Å². The van der Waals surface area contributed by atoms with Crippen LogP contribution < -0.4 is 5.32 Å². The molecule has 4 heterocycles. The minimum atomic E-state index is -4.44. The van der Waals surface area contributed by atoms with Crippen molar-refractivity contribution in [1.29, 1.82) is 0 Å². The molecule has 1 atom stereocenters. The van der Waals surface area contributed by atoms with Crippen molar-refractivity contribution in [2.75, 3.05) is 11.1 Å². The molecule has 1 aliphatic heterocycles. The Balaban J connectivity index is 1.67. The van der Waals surface area contributed by atoms with Crippen LogP contribution in [0.5, 0.6) is 0 Å². The highest BCUT2D eigenvalue weighted by Crippen LogP contribution is 2.37. The third-order valence-corrected chi connectivity index (χ3v) is 5.83. The highest BCUT2D eigenvalue weighted by atomic mass is 32.2. The molecule has 0 radical (unpaired) electrons. The van der Waals surface area contributed by atoms with Gasteiger partial charge in [0.25, 0.3) is 0 Å². The number of nitrogens with zero attached hydrogens (tertiary/aromatic N) is 5. The zero-order chi connectivity index (χ0) is 20.4. The lowest BCUT2D eigenvalue weighted by Gasteiger charge is -2.12. The van der Waals surface area contributed by atoms with E-state index < -0.39 is 11.7 Å². The summed E-state index contributed by atoms with van der Waals surface area (Å²) in [6, 6.07) is 1.07. The van der Waals surface area contributed by atoms with E-state index in [9.17, 15) is 13.2 Å². The first-order valence-electron chi connectivity index (χ1n) is 8.99. The number of halogens is 3. The summed E-state index contributed by atoms with van der Waals surface area (Å²) in [7, 11) is 0. The fraction of sp³-hybridized carbons (Fsp3) is 0.368. The van der Waals surface area contributed by atoms with Crippen molar-refractivity contribution in [3.8, 4) is 11.8 Å². The van der Waals surface area contributed by atoms with Gasteiger partial charge in [0.2, 0.25) is 5.82 Å². The third-order valence-electron chi connectivity index (χ3n) is 4.46. The molecule has 6 nitrogen and oxygen atoms in total. The van der Waals surface area contributed by atoms with E-state index in [1.54, 1.807) is 13.3 Å². The maximum Gasteiger partial charge on any atom is 0.417 e. The molecule has 0 aromatic carbocycles. The molecule has 1 fully saturated rings. The fourth-order valence-corrected chi connectivity index (χ4v) is 4.38. The van der Waals surface area contributed by atoms with E-state index in [0.717, 1.165) is 30.9 Å². The van der Waals surface area contributed by atoms with Crippen molar-refractivity contribution in [2.45, 2.75) is 37.9 Å². The summed E-state index contributed by atoms with van der Waals surface area (Å²) in [5, 5.41) is 3.34. The van der Waals surface area contributed by atoms with E-state index >= 15 is 0 Å². The minimum absolute atomic E-state index is 0.118. The Hall–Kier alpha value is -2.80. The number of aromatic nitrogens is 5. The van der Waals surface area contributed by atoms with E-state index in [2.05, 4.69) is 37.1 Å². The molecule has 1 aliphatic rings. The number of thioether (sulfide) groups is 1. The van der Waals surface area contributed by atoms with Gasteiger partial charge in [-0.1, -0.05) is 5.92 Å². The minimum Gasteiger partial charge on any atom is -0.364 e. The van der Waals surface area contributed by atoms with Gasteiger partial charge in [-0.05, 0) is 43.1 Å². The van der Waals surface area contributed by atoms with Gasteiger partial charge >= 0.3 is 6.18 Å². The lowest BCUT2D eigenvalue weighted by atomic mass is 10.2. The lowest BCUT2D eigenvalue weighted by Crippen LogP contribution is -2.09. The predicted molar refractivity (Wildman–Crippen MR) is 105 cm³/mol. The van der Waals surface area contributed by atoms with Gasteiger partial charge in [-0.15, -0.1) is 11.8 Å². The van der Waals surface area contributed by atoms with E-state index in [1.165, 1.54) is 6.20 Å². The average molecular weight is 418 g/mol. The zero-order valence-corrected chi connectivity index (χ0v) is 16.3. The Morgan fingerprint density at radius 1 is 1.31 bits per heavy atom. The molecule has 3 aromatic heterocycles. The summed E-state index contributed by atoms with van der Waals surface area (Å²) in [4.78, 5) is 17.1. The molecular weight excluding hydrogens is 401 g/mol. The molecular formula is C19H17F3N6S. The Morgan fingerprint density at radius 3 is 2.90 bits per heavy atom. The Morgan fingerprint density at radius 2 is 2.17 bits per heavy atom. The first kappa shape index (κ1) is 19.5. The third kappa shape index (κ3) is 4.15. The molecule has 0 saturated carbocycles. The summed E-state index contributed by atoms with van der Waals surface area (Å²) >= 11 is 1.85.